The third kappa shape index (κ3) is 4.16. The molecule has 16 heavy (non-hydrogen) atoms. The summed E-state index contributed by atoms with van der Waals surface area (Å²) in [5.41, 5.74) is 2.20. The minimum Gasteiger partial charge on any atom is -0.383 e. The van der Waals surface area contributed by atoms with Crippen LogP contribution in [0.3, 0.4) is 0 Å². The summed E-state index contributed by atoms with van der Waals surface area (Å²) in [7, 11) is 1.68. The van der Waals surface area contributed by atoms with Crippen molar-refractivity contribution in [3.05, 3.63) is 29.8 Å². The van der Waals surface area contributed by atoms with Gasteiger partial charge in [0.2, 0.25) is 0 Å². The Morgan fingerprint density at radius 2 is 2.12 bits per heavy atom. The summed E-state index contributed by atoms with van der Waals surface area (Å²) in [4.78, 5) is 0. The van der Waals surface area contributed by atoms with Crippen molar-refractivity contribution in [2.75, 3.05) is 19.0 Å². The summed E-state index contributed by atoms with van der Waals surface area (Å²) in [5.74, 6) is 0. The van der Waals surface area contributed by atoms with Crippen molar-refractivity contribution in [1.82, 2.24) is 5.32 Å². The molecule has 0 aliphatic rings. The predicted octanol–water partition coefficient (Wildman–Crippen LogP) is 2.32. The molecule has 4 heteroatoms. The highest BCUT2D eigenvalue weighted by Gasteiger charge is 2.04. The van der Waals surface area contributed by atoms with Gasteiger partial charge in [0.25, 0.3) is 0 Å². The average Bonchev–Trinajstić information content (AvgIpc) is 2.21. The van der Waals surface area contributed by atoms with E-state index in [4.69, 9.17) is 17.0 Å². The molecule has 3 nitrogen and oxygen atoms in total. The van der Waals surface area contributed by atoms with Crippen LogP contribution >= 0.6 is 12.2 Å². The van der Waals surface area contributed by atoms with Gasteiger partial charge in [0.05, 0.1) is 6.61 Å². The quantitative estimate of drug-likeness (QED) is 0.789. The fourth-order valence-electron chi connectivity index (χ4n) is 1.39. The number of thiocarbonyl (C=S) groups is 1. The summed E-state index contributed by atoms with van der Waals surface area (Å²) in [6.45, 7) is 4.70. The Bertz CT molecular complexity index is 355. The second-order valence-corrected chi connectivity index (χ2v) is 4.18. The van der Waals surface area contributed by atoms with Crippen molar-refractivity contribution in [3.63, 3.8) is 0 Å². The van der Waals surface area contributed by atoms with Crippen LogP contribution in [0.1, 0.15) is 12.5 Å². The van der Waals surface area contributed by atoms with Gasteiger partial charge in [-0.15, -0.1) is 0 Å². The lowest BCUT2D eigenvalue weighted by Gasteiger charge is -2.17. The molecule has 0 spiro atoms. The second-order valence-electron chi connectivity index (χ2n) is 3.77. The van der Waals surface area contributed by atoms with Crippen LogP contribution in [0.15, 0.2) is 24.3 Å². The summed E-state index contributed by atoms with van der Waals surface area (Å²) in [6.07, 6.45) is 0. The van der Waals surface area contributed by atoms with Crippen LogP contribution in [0.2, 0.25) is 0 Å². The molecular formula is C12H18N2OS. The van der Waals surface area contributed by atoms with Crippen molar-refractivity contribution >= 4 is 23.0 Å². The van der Waals surface area contributed by atoms with Crippen LogP contribution in [0.25, 0.3) is 0 Å². The minimum absolute atomic E-state index is 0.203. The van der Waals surface area contributed by atoms with Crippen molar-refractivity contribution in [2.24, 2.45) is 0 Å². The van der Waals surface area contributed by atoms with Crippen LogP contribution < -0.4 is 10.6 Å². The molecule has 1 rings (SSSR count). The number of rotatable bonds is 4. The highest BCUT2D eigenvalue weighted by Crippen LogP contribution is 2.12. The Kier molecular flexibility index (Phi) is 5.22. The second kappa shape index (κ2) is 6.45. The molecule has 0 aliphatic heterocycles. The number of hydrogen-bond acceptors (Lipinski definition) is 2. The van der Waals surface area contributed by atoms with E-state index >= 15 is 0 Å². The zero-order chi connectivity index (χ0) is 12.0. The van der Waals surface area contributed by atoms with E-state index in [0.29, 0.717) is 11.7 Å². The molecule has 1 aromatic carbocycles. The molecule has 0 saturated heterocycles. The van der Waals surface area contributed by atoms with Crippen LogP contribution in [-0.4, -0.2) is 24.9 Å². The number of hydrogen-bond donors (Lipinski definition) is 2. The predicted molar refractivity (Wildman–Crippen MR) is 71.9 cm³/mol. The largest absolute Gasteiger partial charge is 0.383 e. The Morgan fingerprint density at radius 3 is 2.75 bits per heavy atom. The van der Waals surface area contributed by atoms with E-state index in [1.807, 2.05) is 38.1 Å². The Labute approximate surface area is 102 Å². The van der Waals surface area contributed by atoms with E-state index in [1.165, 1.54) is 5.56 Å². The molecule has 1 aromatic rings. The van der Waals surface area contributed by atoms with E-state index in [9.17, 15) is 0 Å². The molecule has 0 fully saturated rings. The van der Waals surface area contributed by atoms with E-state index in [0.717, 1.165) is 5.69 Å². The molecule has 88 valence electrons. The van der Waals surface area contributed by atoms with Gasteiger partial charge in [0, 0.05) is 18.8 Å². The van der Waals surface area contributed by atoms with Crippen LogP contribution in [-0.2, 0) is 4.74 Å². The number of ether oxygens (including phenoxy) is 1. The minimum atomic E-state index is 0.203. The van der Waals surface area contributed by atoms with Gasteiger partial charge in [-0.05, 0) is 37.7 Å². The maximum Gasteiger partial charge on any atom is 0.171 e. The third-order valence-corrected chi connectivity index (χ3v) is 2.41. The molecule has 0 saturated carbocycles. The molecule has 0 amide bonds. The highest BCUT2D eigenvalue weighted by molar-refractivity contribution is 7.80. The summed E-state index contributed by atoms with van der Waals surface area (Å²) in [5, 5.41) is 6.94. The van der Waals surface area contributed by atoms with Crippen molar-refractivity contribution in [3.8, 4) is 0 Å². The average molecular weight is 238 g/mol. The molecule has 0 bridgehead atoms. The van der Waals surface area contributed by atoms with Gasteiger partial charge in [0.1, 0.15) is 0 Å². The highest BCUT2D eigenvalue weighted by atomic mass is 32.1. The lowest BCUT2D eigenvalue weighted by atomic mass is 10.2. The maximum atomic E-state index is 5.21. The van der Waals surface area contributed by atoms with Gasteiger partial charge in [-0.25, -0.2) is 0 Å². The smallest absolute Gasteiger partial charge is 0.171 e. The monoisotopic (exact) mass is 238 g/mol. The molecule has 1 unspecified atom stereocenters. The zero-order valence-electron chi connectivity index (χ0n) is 9.91. The van der Waals surface area contributed by atoms with Crippen LogP contribution in [0.4, 0.5) is 5.69 Å². The maximum absolute atomic E-state index is 5.21. The number of aryl methyl sites for hydroxylation is 1. The molecular weight excluding hydrogens is 220 g/mol. The van der Waals surface area contributed by atoms with Gasteiger partial charge in [-0.3, -0.25) is 0 Å². The first kappa shape index (κ1) is 12.9. The SMILES string of the molecule is COCC(C)NC(=S)Nc1ccccc1C. The fourth-order valence-corrected chi connectivity index (χ4v) is 1.70. The number of para-hydroxylation sites is 1. The number of anilines is 1. The fraction of sp³-hybridized carbons (Fsp3) is 0.417. The first-order valence-electron chi connectivity index (χ1n) is 5.25. The lowest BCUT2D eigenvalue weighted by molar-refractivity contribution is 0.179. The molecule has 0 aliphatic carbocycles. The van der Waals surface area contributed by atoms with Crippen molar-refractivity contribution < 1.29 is 4.74 Å². The first-order valence-corrected chi connectivity index (χ1v) is 5.66. The third-order valence-electron chi connectivity index (χ3n) is 2.19. The van der Waals surface area contributed by atoms with E-state index in [2.05, 4.69) is 10.6 Å². The Morgan fingerprint density at radius 1 is 1.44 bits per heavy atom. The molecule has 2 N–H and O–H groups in total. The Hall–Kier alpha value is -1.13. The van der Waals surface area contributed by atoms with E-state index in [1.54, 1.807) is 7.11 Å². The van der Waals surface area contributed by atoms with Crippen LogP contribution in [0.5, 0.6) is 0 Å². The van der Waals surface area contributed by atoms with Gasteiger partial charge in [-0.1, -0.05) is 18.2 Å². The lowest BCUT2D eigenvalue weighted by Crippen LogP contribution is -2.38. The molecule has 0 aromatic heterocycles. The van der Waals surface area contributed by atoms with E-state index in [-0.39, 0.29) is 6.04 Å². The van der Waals surface area contributed by atoms with Gasteiger partial charge in [-0.2, -0.15) is 0 Å². The number of benzene rings is 1. The van der Waals surface area contributed by atoms with Crippen LogP contribution in [0, 0.1) is 6.92 Å². The molecule has 0 radical (unpaired) electrons. The Balaban J connectivity index is 2.49. The molecule has 1 atom stereocenters. The van der Waals surface area contributed by atoms with Crippen molar-refractivity contribution in [1.29, 1.82) is 0 Å². The molecule has 0 heterocycles. The van der Waals surface area contributed by atoms with Gasteiger partial charge in [0.15, 0.2) is 5.11 Å². The van der Waals surface area contributed by atoms with Gasteiger partial charge >= 0.3 is 0 Å². The first-order chi connectivity index (χ1) is 7.63. The number of nitrogens with one attached hydrogen (secondary N) is 2. The van der Waals surface area contributed by atoms with Gasteiger partial charge < -0.3 is 15.4 Å². The standard InChI is InChI=1S/C12H18N2OS/c1-9-6-4-5-7-11(9)14-12(16)13-10(2)8-15-3/h4-7,10H,8H2,1-3H3,(H2,13,14,16). The van der Waals surface area contributed by atoms with Crippen molar-refractivity contribution in [2.45, 2.75) is 19.9 Å². The zero-order valence-corrected chi connectivity index (χ0v) is 10.7. The summed E-state index contributed by atoms with van der Waals surface area (Å²) < 4.78 is 5.03. The van der Waals surface area contributed by atoms with E-state index < -0.39 is 0 Å². The summed E-state index contributed by atoms with van der Waals surface area (Å²) in [6, 6.07) is 8.24. The number of methoxy groups -OCH3 is 1. The normalized spacial score (nSPS) is 11.9. The summed E-state index contributed by atoms with van der Waals surface area (Å²) >= 11 is 5.21. The topological polar surface area (TPSA) is 33.3 Å².